The molecule has 0 spiro atoms. The second-order valence-electron chi connectivity index (χ2n) is 8.17. The maximum absolute atomic E-state index is 9.38. The van der Waals surface area contributed by atoms with Gasteiger partial charge in [0.05, 0.1) is 34.6 Å². The summed E-state index contributed by atoms with van der Waals surface area (Å²) in [6, 6.07) is 11.0. The van der Waals surface area contributed by atoms with Crippen LogP contribution in [0.4, 0.5) is 0 Å². The first-order valence-corrected chi connectivity index (χ1v) is 10.4. The average Bonchev–Trinajstić information content (AvgIpc) is 3.18. The number of benzene rings is 3. The van der Waals surface area contributed by atoms with Crippen molar-refractivity contribution in [3.63, 3.8) is 0 Å². The van der Waals surface area contributed by atoms with Crippen molar-refractivity contribution in [1.82, 2.24) is 9.80 Å². The van der Waals surface area contributed by atoms with Crippen LogP contribution in [0, 0.1) is 0 Å². The number of fused-ring (bicyclic) bond motifs is 7. The number of aliphatic hydroxyl groups excluding tert-OH is 1. The molecule has 1 atom stereocenters. The maximum Gasteiger partial charge on any atom is 0.161 e. The summed E-state index contributed by atoms with van der Waals surface area (Å²) in [5, 5.41) is 14.2. The van der Waals surface area contributed by atoms with Crippen LogP contribution in [-0.2, 0) is 13.0 Å². The summed E-state index contributed by atoms with van der Waals surface area (Å²) in [5.41, 5.74) is 2.78. The molecule has 6 heteroatoms. The molecular weight excluding hydrogens is 380 g/mol. The van der Waals surface area contributed by atoms with Gasteiger partial charge < -0.3 is 19.3 Å². The van der Waals surface area contributed by atoms with Gasteiger partial charge in [0, 0.05) is 25.7 Å². The zero-order chi connectivity index (χ0) is 20.8. The molecule has 3 aromatic rings. The minimum atomic E-state index is 0.205. The van der Waals surface area contributed by atoms with Crippen molar-refractivity contribution in [3.05, 3.63) is 41.5 Å². The van der Waals surface area contributed by atoms with E-state index in [1.165, 1.54) is 32.7 Å². The standard InChI is InChI=1S/C24H28N2O4/c1-28-16-4-5-17-19(9-16)21-11-24(30-3)23(29-2)10-20(21)18-8-15-12-25(6-7-27)14-26(15)13-22(17)18/h4-5,9-11,15,27H,6-8,12-14H2,1-3H3/t15-/m0/s1. The fraction of sp³-hybridized carbons (Fsp3) is 0.417. The highest BCUT2D eigenvalue weighted by Gasteiger charge is 2.35. The van der Waals surface area contributed by atoms with Gasteiger partial charge in [0.25, 0.3) is 0 Å². The van der Waals surface area contributed by atoms with Crippen molar-refractivity contribution in [3.8, 4) is 17.2 Å². The topological polar surface area (TPSA) is 54.4 Å². The first kappa shape index (κ1) is 19.4. The van der Waals surface area contributed by atoms with Crippen LogP contribution in [-0.4, -0.2) is 68.6 Å². The Morgan fingerprint density at radius 1 is 0.900 bits per heavy atom. The van der Waals surface area contributed by atoms with Crippen molar-refractivity contribution in [2.75, 3.05) is 47.7 Å². The third kappa shape index (κ3) is 2.98. The van der Waals surface area contributed by atoms with Crippen LogP contribution in [0.15, 0.2) is 30.3 Å². The second-order valence-corrected chi connectivity index (χ2v) is 8.17. The Hall–Kier alpha value is -2.54. The van der Waals surface area contributed by atoms with Crippen molar-refractivity contribution >= 4 is 21.5 Å². The Kier molecular flexibility index (Phi) is 4.93. The first-order valence-electron chi connectivity index (χ1n) is 10.4. The molecule has 0 bridgehead atoms. The number of nitrogens with zero attached hydrogens (tertiary/aromatic N) is 2. The summed E-state index contributed by atoms with van der Waals surface area (Å²) < 4.78 is 16.8. The molecule has 0 unspecified atom stereocenters. The lowest BCUT2D eigenvalue weighted by Gasteiger charge is -2.32. The maximum atomic E-state index is 9.38. The van der Waals surface area contributed by atoms with E-state index in [-0.39, 0.29) is 6.61 Å². The highest BCUT2D eigenvalue weighted by molar-refractivity contribution is 6.12. The van der Waals surface area contributed by atoms with Gasteiger partial charge in [-0.15, -0.1) is 0 Å². The molecule has 2 aliphatic rings. The molecular formula is C24H28N2O4. The fourth-order valence-corrected chi connectivity index (χ4v) is 5.19. The van der Waals surface area contributed by atoms with E-state index in [2.05, 4.69) is 34.1 Å². The van der Waals surface area contributed by atoms with Crippen molar-refractivity contribution in [2.45, 2.75) is 19.0 Å². The quantitative estimate of drug-likeness (QED) is 0.655. The van der Waals surface area contributed by atoms with Gasteiger partial charge in [0.1, 0.15) is 5.75 Å². The van der Waals surface area contributed by atoms with E-state index in [1.807, 2.05) is 6.07 Å². The molecule has 2 heterocycles. The minimum absolute atomic E-state index is 0.205. The molecule has 1 N–H and O–H groups in total. The highest BCUT2D eigenvalue weighted by atomic mass is 16.5. The van der Waals surface area contributed by atoms with Gasteiger partial charge in [-0.3, -0.25) is 9.80 Å². The summed E-state index contributed by atoms with van der Waals surface area (Å²) in [6.45, 7) is 3.75. The lowest BCUT2D eigenvalue weighted by molar-refractivity contribution is 0.179. The predicted octanol–water partition coefficient (Wildman–Crippen LogP) is 3.01. The molecule has 6 nitrogen and oxygen atoms in total. The van der Waals surface area contributed by atoms with Crippen molar-refractivity contribution < 1.29 is 19.3 Å². The largest absolute Gasteiger partial charge is 0.497 e. The summed E-state index contributed by atoms with van der Waals surface area (Å²) in [6.07, 6.45) is 0.991. The van der Waals surface area contributed by atoms with Gasteiger partial charge in [-0.2, -0.15) is 0 Å². The van der Waals surface area contributed by atoms with Crippen LogP contribution in [0.2, 0.25) is 0 Å². The summed E-state index contributed by atoms with van der Waals surface area (Å²) in [7, 11) is 5.07. The lowest BCUT2D eigenvalue weighted by atomic mass is 9.85. The molecule has 5 rings (SSSR count). The molecule has 1 saturated heterocycles. The minimum Gasteiger partial charge on any atom is -0.497 e. The van der Waals surface area contributed by atoms with E-state index in [0.29, 0.717) is 6.04 Å². The van der Waals surface area contributed by atoms with Crippen LogP contribution in [0.5, 0.6) is 17.2 Å². The number of ether oxygens (including phenoxy) is 3. The van der Waals surface area contributed by atoms with E-state index < -0.39 is 0 Å². The van der Waals surface area contributed by atoms with E-state index in [4.69, 9.17) is 14.2 Å². The normalized spacial score (nSPS) is 19.1. The third-order valence-corrected chi connectivity index (χ3v) is 6.64. The number of hydrogen-bond donors (Lipinski definition) is 1. The van der Waals surface area contributed by atoms with E-state index in [0.717, 1.165) is 50.0 Å². The molecule has 0 aliphatic carbocycles. The molecule has 30 heavy (non-hydrogen) atoms. The Morgan fingerprint density at radius 3 is 2.33 bits per heavy atom. The number of aliphatic hydroxyl groups is 1. The molecule has 158 valence electrons. The molecule has 1 fully saturated rings. The molecule has 0 saturated carbocycles. The lowest BCUT2D eigenvalue weighted by Crippen LogP contribution is -2.36. The smallest absolute Gasteiger partial charge is 0.161 e. The molecule has 0 aromatic heterocycles. The summed E-state index contributed by atoms with van der Waals surface area (Å²) in [5.74, 6) is 2.34. The zero-order valence-corrected chi connectivity index (χ0v) is 17.8. The molecule has 3 aromatic carbocycles. The highest BCUT2D eigenvalue weighted by Crippen LogP contribution is 2.43. The number of rotatable bonds is 5. The van der Waals surface area contributed by atoms with Crippen molar-refractivity contribution in [1.29, 1.82) is 0 Å². The van der Waals surface area contributed by atoms with Crippen LogP contribution < -0.4 is 14.2 Å². The number of β-amino-alcohol motifs (C(OH)–C–C–N with tert-alkyl or cyclic N) is 1. The van der Waals surface area contributed by atoms with Crippen LogP contribution in [0.3, 0.4) is 0 Å². The fourth-order valence-electron chi connectivity index (χ4n) is 5.19. The molecule has 0 amide bonds. The summed E-state index contributed by atoms with van der Waals surface area (Å²) >= 11 is 0. The Labute approximate surface area is 176 Å². The molecule has 2 aliphatic heterocycles. The van der Waals surface area contributed by atoms with Crippen molar-refractivity contribution in [2.24, 2.45) is 0 Å². The van der Waals surface area contributed by atoms with Crippen LogP contribution in [0.1, 0.15) is 11.1 Å². The van der Waals surface area contributed by atoms with Crippen LogP contribution >= 0.6 is 0 Å². The van der Waals surface area contributed by atoms with Gasteiger partial charge in [-0.05, 0) is 63.4 Å². The third-order valence-electron chi connectivity index (χ3n) is 6.64. The Bertz CT molecular complexity index is 1110. The first-order chi connectivity index (χ1) is 14.7. The van der Waals surface area contributed by atoms with Gasteiger partial charge in [-0.1, -0.05) is 6.07 Å². The Morgan fingerprint density at radius 2 is 1.63 bits per heavy atom. The SMILES string of the molecule is COc1ccc2c3c(c4cc(OC)c(OC)cc4c2c1)C[C@H]1CN(CCO)CN1C3. The van der Waals surface area contributed by atoms with E-state index in [9.17, 15) is 5.11 Å². The van der Waals surface area contributed by atoms with Crippen LogP contribution in [0.25, 0.3) is 21.5 Å². The average molecular weight is 408 g/mol. The van der Waals surface area contributed by atoms with Gasteiger partial charge in [0.2, 0.25) is 0 Å². The molecule has 0 radical (unpaired) electrons. The summed E-state index contributed by atoms with van der Waals surface area (Å²) in [4.78, 5) is 4.88. The predicted molar refractivity (Wildman–Crippen MR) is 118 cm³/mol. The van der Waals surface area contributed by atoms with E-state index in [1.54, 1.807) is 21.3 Å². The van der Waals surface area contributed by atoms with Gasteiger partial charge >= 0.3 is 0 Å². The van der Waals surface area contributed by atoms with Gasteiger partial charge in [0.15, 0.2) is 11.5 Å². The van der Waals surface area contributed by atoms with Gasteiger partial charge in [-0.25, -0.2) is 0 Å². The number of hydrogen-bond acceptors (Lipinski definition) is 6. The Balaban J connectivity index is 1.75. The van der Waals surface area contributed by atoms with E-state index >= 15 is 0 Å². The number of methoxy groups -OCH3 is 3. The zero-order valence-electron chi connectivity index (χ0n) is 17.8. The monoisotopic (exact) mass is 408 g/mol. The second kappa shape index (κ2) is 7.61.